The van der Waals surface area contributed by atoms with E-state index in [-0.39, 0.29) is 11.0 Å². The number of hydrogen-bond donors (Lipinski definition) is 0. The van der Waals surface area contributed by atoms with Gasteiger partial charge < -0.3 is 4.74 Å². The first-order valence-electron chi connectivity index (χ1n) is 8.78. The number of Topliss-reactive ketones (excluding diaryl/α,β-unsaturated/α-hetero) is 1. The summed E-state index contributed by atoms with van der Waals surface area (Å²) in [6, 6.07) is 16.6. The Morgan fingerprint density at radius 2 is 1.70 bits per heavy atom. The zero-order chi connectivity index (χ0) is 19.4. The van der Waals surface area contributed by atoms with E-state index in [1.165, 1.54) is 16.0 Å². The first-order valence-corrected chi connectivity index (χ1v) is 10.9. The van der Waals surface area contributed by atoms with Gasteiger partial charge in [0.1, 0.15) is 11.5 Å². The number of aliphatic imine (C=N–C) groups is 1. The Hall–Kier alpha value is -1.98. The van der Waals surface area contributed by atoms with E-state index in [0.717, 1.165) is 28.5 Å². The van der Waals surface area contributed by atoms with Crippen molar-refractivity contribution < 1.29 is 9.53 Å². The van der Waals surface area contributed by atoms with E-state index in [1.54, 1.807) is 37.6 Å². The SMILES string of the molecule is COc1ccc(C2=C(c3ccc(SC)cc3)CC(SC(C)C(C)=O)=N2)cc1. The molecule has 27 heavy (non-hydrogen) atoms. The van der Waals surface area contributed by atoms with Crippen molar-refractivity contribution in [2.75, 3.05) is 13.4 Å². The van der Waals surface area contributed by atoms with Gasteiger partial charge in [0.2, 0.25) is 0 Å². The van der Waals surface area contributed by atoms with Crippen molar-refractivity contribution in [1.29, 1.82) is 0 Å². The lowest BCUT2D eigenvalue weighted by atomic mass is 9.99. The van der Waals surface area contributed by atoms with Crippen LogP contribution in [0.1, 0.15) is 31.4 Å². The number of rotatable bonds is 6. The number of ether oxygens (including phenoxy) is 1. The first-order chi connectivity index (χ1) is 13.0. The molecule has 0 amide bonds. The zero-order valence-electron chi connectivity index (χ0n) is 16.0. The molecule has 0 fully saturated rings. The van der Waals surface area contributed by atoms with Crippen molar-refractivity contribution in [2.24, 2.45) is 4.99 Å². The van der Waals surface area contributed by atoms with Crippen LogP contribution in [0.4, 0.5) is 0 Å². The monoisotopic (exact) mass is 397 g/mol. The van der Waals surface area contributed by atoms with Crippen LogP contribution in [0.25, 0.3) is 11.3 Å². The molecule has 0 saturated carbocycles. The molecule has 0 bridgehead atoms. The summed E-state index contributed by atoms with van der Waals surface area (Å²) in [5.41, 5.74) is 4.41. The van der Waals surface area contributed by atoms with Crippen LogP contribution in [0, 0.1) is 0 Å². The molecule has 2 aromatic rings. The maximum Gasteiger partial charge on any atom is 0.142 e. The molecule has 0 aromatic heterocycles. The summed E-state index contributed by atoms with van der Waals surface area (Å²) in [6.45, 7) is 3.57. The molecule has 0 aliphatic carbocycles. The van der Waals surface area contributed by atoms with Gasteiger partial charge in [0.05, 0.1) is 23.1 Å². The molecule has 0 saturated heterocycles. The van der Waals surface area contributed by atoms with E-state index in [4.69, 9.17) is 9.73 Å². The fourth-order valence-corrected chi connectivity index (χ4v) is 4.19. The van der Waals surface area contributed by atoms with Crippen LogP contribution < -0.4 is 4.74 Å². The highest BCUT2D eigenvalue weighted by atomic mass is 32.2. The van der Waals surface area contributed by atoms with E-state index in [0.29, 0.717) is 0 Å². The lowest BCUT2D eigenvalue weighted by molar-refractivity contribution is -0.116. The molecule has 1 atom stereocenters. The average Bonchev–Trinajstić information content (AvgIpc) is 3.11. The van der Waals surface area contributed by atoms with Crippen LogP contribution in [0.3, 0.4) is 0 Å². The average molecular weight is 398 g/mol. The van der Waals surface area contributed by atoms with Crippen LogP contribution in [0.15, 0.2) is 58.4 Å². The third-order valence-electron chi connectivity index (χ3n) is 4.54. The number of thioether (sulfide) groups is 2. The summed E-state index contributed by atoms with van der Waals surface area (Å²) < 4.78 is 5.27. The Bertz CT molecular complexity index is 884. The van der Waals surface area contributed by atoms with Gasteiger partial charge in [0.15, 0.2) is 0 Å². The smallest absolute Gasteiger partial charge is 0.142 e. The summed E-state index contributed by atoms with van der Waals surface area (Å²) >= 11 is 3.29. The second-order valence-corrected chi connectivity index (χ2v) is 8.63. The molecule has 1 aliphatic rings. The van der Waals surface area contributed by atoms with Gasteiger partial charge in [-0.15, -0.1) is 11.8 Å². The summed E-state index contributed by atoms with van der Waals surface area (Å²) in [5, 5.41) is 0.909. The van der Waals surface area contributed by atoms with E-state index < -0.39 is 0 Å². The van der Waals surface area contributed by atoms with Crippen LogP contribution in [-0.4, -0.2) is 29.4 Å². The third-order valence-corrected chi connectivity index (χ3v) is 6.47. The van der Waals surface area contributed by atoms with Crippen LogP contribution in [-0.2, 0) is 4.79 Å². The van der Waals surface area contributed by atoms with E-state index >= 15 is 0 Å². The Labute approximate surface area is 169 Å². The van der Waals surface area contributed by atoms with Gasteiger partial charge in [0, 0.05) is 16.9 Å². The molecular weight excluding hydrogens is 374 g/mol. The normalized spacial score (nSPS) is 14.9. The van der Waals surface area contributed by atoms with Gasteiger partial charge in [-0.25, -0.2) is 4.99 Å². The minimum Gasteiger partial charge on any atom is -0.497 e. The molecule has 5 heteroatoms. The maximum absolute atomic E-state index is 11.7. The first kappa shape index (κ1) is 19.8. The second kappa shape index (κ2) is 8.81. The molecule has 2 aromatic carbocycles. The number of allylic oxidation sites excluding steroid dienone is 1. The van der Waals surface area contributed by atoms with E-state index in [2.05, 4.69) is 30.5 Å². The van der Waals surface area contributed by atoms with Gasteiger partial charge in [-0.2, -0.15) is 0 Å². The Morgan fingerprint density at radius 3 is 2.26 bits per heavy atom. The highest BCUT2D eigenvalue weighted by molar-refractivity contribution is 8.15. The number of carbonyl (C=O) groups is 1. The quantitative estimate of drug-likeness (QED) is 0.578. The molecule has 0 N–H and O–H groups in total. The zero-order valence-corrected chi connectivity index (χ0v) is 17.6. The van der Waals surface area contributed by atoms with Crippen molar-refractivity contribution in [3.05, 3.63) is 59.7 Å². The van der Waals surface area contributed by atoms with Crippen molar-refractivity contribution in [2.45, 2.75) is 30.4 Å². The number of carbonyl (C=O) groups excluding carboxylic acids is 1. The fraction of sp³-hybridized carbons (Fsp3) is 0.273. The van der Waals surface area contributed by atoms with E-state index in [1.807, 2.05) is 31.2 Å². The number of ketones is 1. The summed E-state index contributed by atoms with van der Waals surface area (Å²) in [6.07, 6.45) is 2.83. The van der Waals surface area contributed by atoms with Crippen molar-refractivity contribution >= 4 is 45.6 Å². The van der Waals surface area contributed by atoms with Gasteiger partial charge in [-0.3, -0.25) is 4.79 Å². The lowest BCUT2D eigenvalue weighted by Gasteiger charge is -2.09. The number of hydrogen-bond acceptors (Lipinski definition) is 5. The van der Waals surface area contributed by atoms with Crippen molar-refractivity contribution in [3.8, 4) is 5.75 Å². The molecule has 1 unspecified atom stereocenters. The molecule has 0 spiro atoms. The molecule has 140 valence electrons. The van der Waals surface area contributed by atoms with Crippen molar-refractivity contribution in [1.82, 2.24) is 0 Å². The highest BCUT2D eigenvalue weighted by Crippen LogP contribution is 2.39. The van der Waals surface area contributed by atoms with Crippen molar-refractivity contribution in [3.63, 3.8) is 0 Å². The molecule has 3 rings (SSSR count). The largest absolute Gasteiger partial charge is 0.497 e. The number of benzene rings is 2. The van der Waals surface area contributed by atoms with Crippen LogP contribution in [0.5, 0.6) is 5.75 Å². The standard InChI is InChI=1S/C22H23NO2S2/c1-14(24)15(2)27-21-13-20(16-7-11-19(26-4)12-8-16)22(23-21)17-5-9-18(25-3)10-6-17/h5-12,15H,13H2,1-4H3. The molecule has 3 nitrogen and oxygen atoms in total. The molecule has 1 heterocycles. The fourth-order valence-electron chi connectivity index (χ4n) is 2.84. The topological polar surface area (TPSA) is 38.7 Å². The van der Waals surface area contributed by atoms with Crippen LogP contribution in [0.2, 0.25) is 0 Å². The Kier molecular flexibility index (Phi) is 6.45. The second-order valence-electron chi connectivity index (χ2n) is 6.34. The molecular formula is C22H23NO2S2. The van der Waals surface area contributed by atoms with Gasteiger partial charge in [0.25, 0.3) is 0 Å². The minimum atomic E-state index is -0.0842. The van der Waals surface area contributed by atoms with Gasteiger partial charge >= 0.3 is 0 Å². The summed E-state index contributed by atoms with van der Waals surface area (Å²) in [7, 11) is 1.67. The molecule has 0 radical (unpaired) electrons. The highest BCUT2D eigenvalue weighted by Gasteiger charge is 2.23. The Balaban J connectivity index is 1.98. The van der Waals surface area contributed by atoms with Gasteiger partial charge in [-0.05, 0) is 67.6 Å². The lowest BCUT2D eigenvalue weighted by Crippen LogP contribution is -2.10. The molecule has 1 aliphatic heterocycles. The Morgan fingerprint density at radius 1 is 1.07 bits per heavy atom. The number of nitrogens with zero attached hydrogens (tertiary/aromatic N) is 1. The van der Waals surface area contributed by atoms with Crippen LogP contribution >= 0.6 is 23.5 Å². The summed E-state index contributed by atoms with van der Waals surface area (Å²) in [4.78, 5) is 17.8. The van der Waals surface area contributed by atoms with E-state index in [9.17, 15) is 4.79 Å². The van der Waals surface area contributed by atoms with Gasteiger partial charge in [-0.1, -0.05) is 23.9 Å². The predicted molar refractivity (Wildman–Crippen MR) is 118 cm³/mol. The summed E-state index contributed by atoms with van der Waals surface area (Å²) in [5.74, 6) is 0.999. The number of methoxy groups -OCH3 is 1. The third kappa shape index (κ3) is 4.66. The predicted octanol–water partition coefficient (Wildman–Crippen LogP) is 5.80. The minimum absolute atomic E-state index is 0.0842. The maximum atomic E-state index is 11.7.